The highest BCUT2D eigenvalue weighted by Crippen LogP contribution is 2.34. The first-order valence-corrected chi connectivity index (χ1v) is 5.24. The standard InChI is InChI=1S/C11H11ClN2O2/c12-9-10(8-4-2-1-3-5-8)16-14-11(9)15-7-6-13/h1-5H,6-7,13H2. The highest BCUT2D eigenvalue weighted by atomic mass is 35.5. The van der Waals surface area contributed by atoms with E-state index in [1.165, 1.54) is 0 Å². The van der Waals surface area contributed by atoms with E-state index in [0.29, 0.717) is 23.9 Å². The van der Waals surface area contributed by atoms with Gasteiger partial charge in [0.25, 0.3) is 5.88 Å². The SMILES string of the molecule is NCCOc1noc(-c2ccccc2)c1Cl. The Hall–Kier alpha value is -1.52. The van der Waals surface area contributed by atoms with E-state index in [9.17, 15) is 0 Å². The summed E-state index contributed by atoms with van der Waals surface area (Å²) in [6.45, 7) is 0.768. The summed E-state index contributed by atoms with van der Waals surface area (Å²) in [5.74, 6) is 0.792. The minimum Gasteiger partial charge on any atom is -0.473 e. The number of nitrogens with two attached hydrogens (primary N) is 1. The van der Waals surface area contributed by atoms with Crippen LogP contribution >= 0.6 is 11.6 Å². The van der Waals surface area contributed by atoms with Crippen LogP contribution in [0.15, 0.2) is 34.9 Å². The zero-order valence-corrected chi connectivity index (χ0v) is 9.28. The molecule has 1 heterocycles. The largest absolute Gasteiger partial charge is 0.473 e. The van der Waals surface area contributed by atoms with Crippen LogP contribution in [0.25, 0.3) is 11.3 Å². The number of ether oxygens (including phenoxy) is 1. The number of hydrogen-bond acceptors (Lipinski definition) is 4. The van der Waals surface area contributed by atoms with Crippen molar-refractivity contribution in [3.63, 3.8) is 0 Å². The van der Waals surface area contributed by atoms with Gasteiger partial charge in [-0.3, -0.25) is 0 Å². The van der Waals surface area contributed by atoms with Gasteiger partial charge in [0.2, 0.25) is 0 Å². The molecule has 0 aliphatic heterocycles. The van der Waals surface area contributed by atoms with Crippen LogP contribution in [-0.2, 0) is 0 Å². The Morgan fingerprint density at radius 2 is 2.06 bits per heavy atom. The second kappa shape index (κ2) is 5.01. The van der Waals surface area contributed by atoms with E-state index >= 15 is 0 Å². The summed E-state index contributed by atoms with van der Waals surface area (Å²) in [7, 11) is 0. The Bertz CT molecular complexity index is 456. The first kappa shape index (κ1) is 11.0. The quantitative estimate of drug-likeness (QED) is 0.888. The molecule has 1 aromatic carbocycles. The maximum atomic E-state index is 6.07. The van der Waals surface area contributed by atoms with Gasteiger partial charge in [-0.15, -0.1) is 0 Å². The van der Waals surface area contributed by atoms with Crippen LogP contribution in [0.1, 0.15) is 0 Å². The summed E-state index contributed by atoms with van der Waals surface area (Å²) in [5, 5.41) is 4.12. The van der Waals surface area contributed by atoms with Crippen LogP contribution in [0.2, 0.25) is 5.02 Å². The Morgan fingerprint density at radius 1 is 1.31 bits per heavy atom. The molecule has 2 N–H and O–H groups in total. The van der Waals surface area contributed by atoms with Gasteiger partial charge in [0.05, 0.1) is 0 Å². The summed E-state index contributed by atoms with van der Waals surface area (Å²) >= 11 is 6.07. The molecule has 0 aliphatic carbocycles. The second-order valence-electron chi connectivity index (χ2n) is 3.13. The summed E-state index contributed by atoms with van der Waals surface area (Å²) in [6, 6.07) is 9.49. The zero-order valence-electron chi connectivity index (χ0n) is 8.52. The summed E-state index contributed by atoms with van der Waals surface area (Å²) in [4.78, 5) is 0. The normalized spacial score (nSPS) is 10.4. The minimum atomic E-state index is 0.283. The molecule has 1 aromatic heterocycles. The summed E-state index contributed by atoms with van der Waals surface area (Å²) < 4.78 is 10.4. The number of hydrogen-bond donors (Lipinski definition) is 1. The Balaban J connectivity index is 2.27. The molecule has 0 unspecified atom stereocenters. The predicted molar refractivity (Wildman–Crippen MR) is 61.5 cm³/mol. The third-order valence-electron chi connectivity index (χ3n) is 2.00. The zero-order chi connectivity index (χ0) is 11.4. The van der Waals surface area contributed by atoms with Gasteiger partial charge in [-0.2, -0.15) is 0 Å². The van der Waals surface area contributed by atoms with Crippen molar-refractivity contribution in [2.75, 3.05) is 13.2 Å². The number of rotatable bonds is 4. The number of benzene rings is 1. The van der Waals surface area contributed by atoms with Crippen LogP contribution in [0.5, 0.6) is 5.88 Å². The lowest BCUT2D eigenvalue weighted by Crippen LogP contribution is -2.10. The molecule has 5 heteroatoms. The van der Waals surface area contributed by atoms with E-state index in [1.54, 1.807) is 0 Å². The summed E-state index contributed by atoms with van der Waals surface area (Å²) in [6.07, 6.45) is 0. The van der Waals surface area contributed by atoms with E-state index in [-0.39, 0.29) is 5.88 Å². The predicted octanol–water partition coefficient (Wildman–Crippen LogP) is 2.33. The Kier molecular flexibility index (Phi) is 3.44. The molecule has 2 aromatic rings. The van der Waals surface area contributed by atoms with Crippen molar-refractivity contribution in [2.45, 2.75) is 0 Å². The monoisotopic (exact) mass is 238 g/mol. The molecule has 0 aliphatic rings. The molecule has 0 amide bonds. The van der Waals surface area contributed by atoms with Crippen molar-refractivity contribution < 1.29 is 9.26 Å². The van der Waals surface area contributed by atoms with Crippen molar-refractivity contribution in [3.8, 4) is 17.2 Å². The highest BCUT2D eigenvalue weighted by Gasteiger charge is 2.16. The molecule has 4 nitrogen and oxygen atoms in total. The van der Waals surface area contributed by atoms with E-state index in [0.717, 1.165) is 5.56 Å². The van der Waals surface area contributed by atoms with E-state index in [1.807, 2.05) is 30.3 Å². The van der Waals surface area contributed by atoms with Gasteiger partial charge in [0.15, 0.2) is 10.8 Å². The van der Waals surface area contributed by atoms with E-state index in [2.05, 4.69) is 5.16 Å². The van der Waals surface area contributed by atoms with Crippen molar-refractivity contribution in [1.82, 2.24) is 5.16 Å². The van der Waals surface area contributed by atoms with Gasteiger partial charge in [-0.1, -0.05) is 41.9 Å². The van der Waals surface area contributed by atoms with Crippen LogP contribution < -0.4 is 10.5 Å². The average molecular weight is 239 g/mol. The van der Waals surface area contributed by atoms with Crippen molar-refractivity contribution >= 4 is 11.6 Å². The van der Waals surface area contributed by atoms with E-state index in [4.69, 9.17) is 26.6 Å². The number of aromatic nitrogens is 1. The van der Waals surface area contributed by atoms with Gasteiger partial charge < -0.3 is 15.0 Å². The first-order chi connectivity index (χ1) is 7.83. The minimum absolute atomic E-state index is 0.283. The first-order valence-electron chi connectivity index (χ1n) is 4.86. The van der Waals surface area contributed by atoms with Crippen LogP contribution in [0, 0.1) is 0 Å². The van der Waals surface area contributed by atoms with Crippen molar-refractivity contribution in [3.05, 3.63) is 35.4 Å². The molecule has 0 bridgehead atoms. The molecule has 2 rings (SSSR count). The highest BCUT2D eigenvalue weighted by molar-refractivity contribution is 6.34. The van der Waals surface area contributed by atoms with Crippen molar-refractivity contribution in [1.29, 1.82) is 0 Å². The van der Waals surface area contributed by atoms with Crippen molar-refractivity contribution in [2.24, 2.45) is 5.73 Å². The Labute approximate surface area is 97.9 Å². The summed E-state index contributed by atoms with van der Waals surface area (Å²) in [5.41, 5.74) is 6.18. The maximum absolute atomic E-state index is 6.07. The van der Waals surface area contributed by atoms with Gasteiger partial charge in [-0.25, -0.2) is 0 Å². The maximum Gasteiger partial charge on any atom is 0.273 e. The molecule has 0 radical (unpaired) electrons. The van der Waals surface area contributed by atoms with Gasteiger partial charge >= 0.3 is 0 Å². The smallest absolute Gasteiger partial charge is 0.273 e. The fourth-order valence-corrected chi connectivity index (χ4v) is 1.51. The van der Waals surface area contributed by atoms with Gasteiger partial charge in [0.1, 0.15) is 6.61 Å². The van der Waals surface area contributed by atoms with Gasteiger partial charge in [-0.05, 0) is 5.16 Å². The van der Waals surface area contributed by atoms with Gasteiger partial charge in [0, 0.05) is 12.1 Å². The topological polar surface area (TPSA) is 61.3 Å². The molecule has 0 atom stereocenters. The Morgan fingerprint density at radius 3 is 2.75 bits per heavy atom. The average Bonchev–Trinajstić information content (AvgIpc) is 2.69. The van der Waals surface area contributed by atoms with E-state index < -0.39 is 0 Å². The number of nitrogens with zero attached hydrogens (tertiary/aromatic N) is 1. The molecule has 84 valence electrons. The third kappa shape index (κ3) is 2.18. The molecule has 0 saturated heterocycles. The fraction of sp³-hybridized carbons (Fsp3) is 0.182. The second-order valence-corrected chi connectivity index (χ2v) is 3.51. The number of halogens is 1. The molecule has 0 spiro atoms. The molecule has 0 saturated carbocycles. The molecular formula is C11H11ClN2O2. The lowest BCUT2D eigenvalue weighted by Gasteiger charge is -1.98. The van der Waals surface area contributed by atoms with Crippen LogP contribution in [-0.4, -0.2) is 18.3 Å². The van der Waals surface area contributed by atoms with Crippen LogP contribution in [0.3, 0.4) is 0 Å². The van der Waals surface area contributed by atoms with Crippen LogP contribution in [0.4, 0.5) is 0 Å². The molecule has 0 fully saturated rings. The molecular weight excluding hydrogens is 228 g/mol. The lowest BCUT2D eigenvalue weighted by atomic mass is 10.2. The lowest BCUT2D eigenvalue weighted by molar-refractivity contribution is 0.288. The fourth-order valence-electron chi connectivity index (χ4n) is 1.28. The third-order valence-corrected chi connectivity index (χ3v) is 2.33. The molecule has 16 heavy (non-hydrogen) atoms.